The van der Waals surface area contributed by atoms with Crippen LogP contribution in [0.3, 0.4) is 0 Å². The van der Waals surface area contributed by atoms with Crippen LogP contribution in [-0.2, 0) is 12.8 Å². The van der Waals surface area contributed by atoms with Crippen LogP contribution < -0.4 is 0 Å². The maximum absolute atomic E-state index is 3.81. The molecule has 0 unspecified atom stereocenters. The summed E-state index contributed by atoms with van der Waals surface area (Å²) in [6.45, 7) is 5.84. The molecule has 0 atom stereocenters. The molecule has 1 fully saturated rings. The lowest BCUT2D eigenvalue weighted by Gasteiger charge is -2.22. The SMILES string of the molecule is C1=Cc2cc(CCC3CCCCC3)c(cc2-c2cccc3ccccc23)C1.C=Cc1cccc(SC)c1/C=C\C. The van der Waals surface area contributed by atoms with Gasteiger partial charge < -0.3 is 0 Å². The fraction of sp³-hybridized carbons (Fsp3) is 0.282. The number of fused-ring (bicyclic) bond motifs is 4. The Hall–Kier alpha value is -3.29. The molecule has 0 amide bonds. The molecular formula is C39H42S. The molecule has 0 nitrogen and oxygen atoms in total. The van der Waals surface area contributed by atoms with Crippen molar-refractivity contribution < 1.29 is 0 Å². The average Bonchev–Trinajstić information content (AvgIpc) is 3.35. The van der Waals surface area contributed by atoms with E-state index in [9.17, 15) is 0 Å². The van der Waals surface area contributed by atoms with Crippen LogP contribution in [0.25, 0.3) is 40.1 Å². The van der Waals surface area contributed by atoms with Crippen molar-refractivity contribution in [2.75, 3.05) is 6.26 Å². The number of thioether (sulfide) groups is 1. The van der Waals surface area contributed by atoms with Gasteiger partial charge in [-0.15, -0.1) is 11.8 Å². The van der Waals surface area contributed by atoms with Crippen molar-refractivity contribution in [3.05, 3.63) is 119 Å². The number of hydrogen-bond donors (Lipinski definition) is 0. The third kappa shape index (κ3) is 6.53. The number of aryl methyl sites for hydroxylation is 1. The zero-order valence-electron chi connectivity index (χ0n) is 24.2. The summed E-state index contributed by atoms with van der Waals surface area (Å²) in [5.74, 6) is 0.960. The van der Waals surface area contributed by atoms with Gasteiger partial charge in [-0.05, 0) is 100 Å². The van der Waals surface area contributed by atoms with Gasteiger partial charge in [-0.3, -0.25) is 0 Å². The van der Waals surface area contributed by atoms with Gasteiger partial charge in [0.15, 0.2) is 0 Å². The molecule has 40 heavy (non-hydrogen) atoms. The first kappa shape index (κ1) is 28.2. The van der Waals surface area contributed by atoms with E-state index in [1.54, 1.807) is 17.3 Å². The van der Waals surface area contributed by atoms with Gasteiger partial charge in [0.2, 0.25) is 0 Å². The molecule has 1 saturated carbocycles. The highest BCUT2D eigenvalue weighted by Crippen LogP contribution is 2.37. The molecule has 0 heterocycles. The van der Waals surface area contributed by atoms with E-state index < -0.39 is 0 Å². The molecule has 204 valence electrons. The molecule has 7 rings (SSSR count). The van der Waals surface area contributed by atoms with Crippen molar-refractivity contribution >= 4 is 40.8 Å². The summed E-state index contributed by atoms with van der Waals surface area (Å²) < 4.78 is 0. The van der Waals surface area contributed by atoms with Gasteiger partial charge in [0.05, 0.1) is 0 Å². The van der Waals surface area contributed by atoms with Gasteiger partial charge in [0, 0.05) is 4.90 Å². The summed E-state index contributed by atoms with van der Waals surface area (Å²) in [4.78, 5) is 1.30. The molecule has 2 bridgehead atoms. The zero-order valence-corrected chi connectivity index (χ0v) is 25.0. The minimum Gasteiger partial charge on any atom is -0.129 e. The summed E-state index contributed by atoms with van der Waals surface area (Å²) in [5, 5.41) is 2.68. The smallest absolute Gasteiger partial charge is 0.0147 e. The van der Waals surface area contributed by atoms with Crippen LogP contribution in [-0.4, -0.2) is 6.26 Å². The van der Waals surface area contributed by atoms with Crippen molar-refractivity contribution in [1.82, 2.24) is 0 Å². The molecule has 4 aromatic rings. The van der Waals surface area contributed by atoms with Crippen LogP contribution in [0.2, 0.25) is 0 Å². The quantitative estimate of drug-likeness (QED) is 0.209. The van der Waals surface area contributed by atoms with Crippen LogP contribution in [0, 0.1) is 5.92 Å². The predicted molar refractivity (Wildman–Crippen MR) is 180 cm³/mol. The number of allylic oxidation sites excluding steroid dienone is 2. The summed E-state index contributed by atoms with van der Waals surface area (Å²) in [6.07, 6.45) is 23.8. The zero-order chi connectivity index (χ0) is 27.7. The first-order valence-corrected chi connectivity index (χ1v) is 16.2. The standard InChI is InChI=1S/C27H28.C12H14S/c1-2-8-20(9-3-1)16-17-23-18-24-13-6-12-22(23)19-27(24)26-15-7-11-21-10-4-5-14-25(21)26;1-4-7-11-10(5-2)8-6-9-12(11)13-3/h4-7,10-11,13-15,18-20H,1-3,8-9,12,16-17H2;4-9H,2H2,1,3H3/b;7-4-. The highest BCUT2D eigenvalue weighted by molar-refractivity contribution is 7.98. The van der Waals surface area contributed by atoms with Crippen molar-refractivity contribution in [2.45, 2.75) is 63.2 Å². The van der Waals surface area contributed by atoms with Crippen LogP contribution in [0.15, 0.2) is 96.4 Å². The Bertz CT molecular complexity index is 1510. The van der Waals surface area contributed by atoms with Gasteiger partial charge in [-0.2, -0.15) is 0 Å². The second kappa shape index (κ2) is 13.9. The van der Waals surface area contributed by atoms with Crippen LogP contribution in [0.4, 0.5) is 0 Å². The molecule has 0 N–H and O–H groups in total. The van der Waals surface area contributed by atoms with Gasteiger partial charge >= 0.3 is 0 Å². The predicted octanol–water partition coefficient (Wildman–Crippen LogP) is 11.7. The third-order valence-electron chi connectivity index (χ3n) is 8.51. The van der Waals surface area contributed by atoms with E-state index in [2.05, 4.69) is 110 Å². The number of benzene rings is 4. The minimum absolute atomic E-state index is 0.960. The second-order valence-electron chi connectivity index (χ2n) is 11.1. The third-order valence-corrected chi connectivity index (χ3v) is 9.30. The molecule has 3 aliphatic carbocycles. The van der Waals surface area contributed by atoms with Gasteiger partial charge in [0.1, 0.15) is 0 Å². The van der Waals surface area contributed by atoms with E-state index in [4.69, 9.17) is 0 Å². The van der Waals surface area contributed by atoms with E-state index in [0.717, 1.165) is 12.3 Å². The van der Waals surface area contributed by atoms with Crippen molar-refractivity contribution in [3.8, 4) is 11.1 Å². The first-order chi connectivity index (χ1) is 19.7. The van der Waals surface area contributed by atoms with Gasteiger partial charge in [0.25, 0.3) is 0 Å². The second-order valence-corrected chi connectivity index (χ2v) is 11.9. The molecule has 0 aromatic heterocycles. The van der Waals surface area contributed by atoms with E-state index in [1.165, 1.54) is 94.0 Å². The van der Waals surface area contributed by atoms with E-state index in [1.807, 2.05) is 13.0 Å². The molecule has 0 aliphatic heterocycles. The summed E-state index contributed by atoms with van der Waals surface area (Å²) in [7, 11) is 0. The lowest BCUT2D eigenvalue weighted by molar-refractivity contribution is 0.339. The first-order valence-electron chi connectivity index (χ1n) is 14.9. The maximum Gasteiger partial charge on any atom is 0.0147 e. The van der Waals surface area contributed by atoms with Gasteiger partial charge in [-0.25, -0.2) is 0 Å². The molecular weight excluding hydrogens is 500 g/mol. The van der Waals surface area contributed by atoms with Crippen molar-refractivity contribution in [3.63, 3.8) is 0 Å². The average molecular weight is 543 g/mol. The Morgan fingerprint density at radius 2 is 1.70 bits per heavy atom. The molecule has 4 aromatic carbocycles. The van der Waals surface area contributed by atoms with E-state index in [-0.39, 0.29) is 0 Å². The normalized spacial score (nSPS) is 14.8. The lowest BCUT2D eigenvalue weighted by atomic mass is 9.84. The minimum atomic E-state index is 0.960. The van der Waals surface area contributed by atoms with Crippen LogP contribution >= 0.6 is 11.8 Å². The largest absolute Gasteiger partial charge is 0.129 e. The topological polar surface area (TPSA) is 0 Å². The maximum atomic E-state index is 3.81. The van der Waals surface area contributed by atoms with E-state index >= 15 is 0 Å². The molecule has 0 radical (unpaired) electrons. The van der Waals surface area contributed by atoms with E-state index in [0.29, 0.717) is 0 Å². The number of rotatable bonds is 7. The Morgan fingerprint density at radius 3 is 2.50 bits per heavy atom. The highest BCUT2D eigenvalue weighted by atomic mass is 32.2. The van der Waals surface area contributed by atoms with Crippen molar-refractivity contribution in [1.29, 1.82) is 0 Å². The highest BCUT2D eigenvalue weighted by Gasteiger charge is 2.17. The van der Waals surface area contributed by atoms with Crippen LogP contribution in [0.1, 0.15) is 73.3 Å². The monoisotopic (exact) mass is 542 g/mol. The van der Waals surface area contributed by atoms with Gasteiger partial charge in [-0.1, -0.05) is 130 Å². The summed E-state index contributed by atoms with van der Waals surface area (Å²) >= 11 is 1.77. The fourth-order valence-corrected chi connectivity index (χ4v) is 6.99. The summed E-state index contributed by atoms with van der Waals surface area (Å²) in [6, 6.07) is 26.7. The Morgan fingerprint density at radius 1 is 0.900 bits per heavy atom. The lowest BCUT2D eigenvalue weighted by Crippen LogP contribution is -2.08. The molecule has 3 aliphatic rings. The Labute approximate surface area is 245 Å². The summed E-state index contributed by atoms with van der Waals surface area (Å²) in [5.41, 5.74) is 9.76. The molecule has 0 saturated heterocycles. The fourth-order valence-electron chi connectivity index (χ4n) is 6.37. The molecule has 0 spiro atoms. The Balaban J connectivity index is 0.000000210. The number of hydrogen-bond acceptors (Lipinski definition) is 1. The van der Waals surface area contributed by atoms with Crippen molar-refractivity contribution in [2.24, 2.45) is 5.92 Å². The Kier molecular flexibility index (Phi) is 9.79. The molecule has 1 heteroatoms. The van der Waals surface area contributed by atoms with Crippen LogP contribution in [0.5, 0.6) is 0 Å².